The molecule has 0 aliphatic carbocycles. The maximum Gasteiger partial charge on any atom is 0.251 e. The maximum atomic E-state index is 12.2. The smallest absolute Gasteiger partial charge is 0.251 e. The zero-order chi connectivity index (χ0) is 17.5. The zero-order valence-electron chi connectivity index (χ0n) is 15.6. The summed E-state index contributed by atoms with van der Waals surface area (Å²) in [7, 11) is 1.75. The number of guanidine groups is 1. The average molecular weight is 446 g/mol. The van der Waals surface area contributed by atoms with E-state index in [2.05, 4.69) is 48.6 Å². The summed E-state index contributed by atoms with van der Waals surface area (Å²) in [4.78, 5) is 16.4. The van der Waals surface area contributed by atoms with Crippen molar-refractivity contribution >= 4 is 35.8 Å². The number of carbonyl (C=O) groups is 1. The normalized spacial score (nSPS) is 12.8. The highest BCUT2D eigenvalue weighted by atomic mass is 127. The summed E-state index contributed by atoms with van der Waals surface area (Å²) in [5.41, 5.74) is 1.67. The molecule has 3 N–H and O–H groups in total. The van der Waals surface area contributed by atoms with Crippen LogP contribution in [0.2, 0.25) is 0 Å². The van der Waals surface area contributed by atoms with Crippen LogP contribution in [-0.2, 0) is 6.54 Å². The zero-order valence-corrected chi connectivity index (χ0v) is 17.9. The van der Waals surface area contributed by atoms with Gasteiger partial charge in [0.2, 0.25) is 0 Å². The van der Waals surface area contributed by atoms with Crippen LogP contribution in [0.5, 0.6) is 0 Å². The number of halogens is 1. The lowest BCUT2D eigenvalue weighted by atomic mass is 10.1. The van der Waals surface area contributed by atoms with Crippen molar-refractivity contribution in [2.45, 2.75) is 59.2 Å². The lowest BCUT2D eigenvalue weighted by Gasteiger charge is -2.23. The number of hydrogen-bond acceptors (Lipinski definition) is 2. The minimum Gasteiger partial charge on any atom is -0.352 e. The van der Waals surface area contributed by atoms with Crippen LogP contribution >= 0.6 is 24.0 Å². The van der Waals surface area contributed by atoms with Gasteiger partial charge in [0.25, 0.3) is 5.91 Å². The van der Waals surface area contributed by atoms with Gasteiger partial charge in [-0.25, -0.2) is 0 Å². The van der Waals surface area contributed by atoms with Gasteiger partial charge in [0.05, 0.1) is 0 Å². The fourth-order valence-electron chi connectivity index (χ4n) is 1.95. The standard InChI is InChI=1S/C18H30N4O.HI/c1-7-13(2)21-16(23)15-10-8-9-14(11-15)12-20-17(19-6)22-18(3,4)5;/h8-11,13H,7,12H2,1-6H3,(H,21,23)(H2,19,20,22);1H. The van der Waals surface area contributed by atoms with Crippen molar-refractivity contribution in [3.63, 3.8) is 0 Å². The van der Waals surface area contributed by atoms with E-state index in [1.807, 2.05) is 31.2 Å². The molecule has 136 valence electrons. The molecule has 6 heteroatoms. The molecule has 1 rings (SSSR count). The Kier molecular flexibility index (Phi) is 9.96. The van der Waals surface area contributed by atoms with Crippen molar-refractivity contribution in [1.82, 2.24) is 16.0 Å². The monoisotopic (exact) mass is 446 g/mol. The molecule has 1 atom stereocenters. The van der Waals surface area contributed by atoms with E-state index in [0.717, 1.165) is 17.9 Å². The second-order valence-corrected chi connectivity index (χ2v) is 6.78. The number of hydrogen-bond donors (Lipinski definition) is 3. The second-order valence-electron chi connectivity index (χ2n) is 6.78. The topological polar surface area (TPSA) is 65.5 Å². The van der Waals surface area contributed by atoms with Crippen molar-refractivity contribution in [1.29, 1.82) is 0 Å². The van der Waals surface area contributed by atoms with Crippen LogP contribution < -0.4 is 16.0 Å². The van der Waals surface area contributed by atoms with Gasteiger partial charge < -0.3 is 16.0 Å². The van der Waals surface area contributed by atoms with Crippen LogP contribution in [0.1, 0.15) is 57.0 Å². The largest absolute Gasteiger partial charge is 0.352 e. The number of benzene rings is 1. The number of carbonyl (C=O) groups excluding carboxylic acids is 1. The van der Waals surface area contributed by atoms with Gasteiger partial charge in [-0.2, -0.15) is 0 Å². The van der Waals surface area contributed by atoms with Gasteiger partial charge in [0.1, 0.15) is 0 Å². The third-order valence-electron chi connectivity index (χ3n) is 3.36. The van der Waals surface area contributed by atoms with Crippen LogP contribution in [0.15, 0.2) is 29.3 Å². The fourth-order valence-corrected chi connectivity index (χ4v) is 1.95. The first-order chi connectivity index (χ1) is 10.7. The van der Waals surface area contributed by atoms with E-state index in [1.165, 1.54) is 0 Å². The number of amides is 1. The highest BCUT2D eigenvalue weighted by Crippen LogP contribution is 2.06. The van der Waals surface area contributed by atoms with E-state index in [4.69, 9.17) is 0 Å². The number of nitrogens with one attached hydrogen (secondary N) is 3. The Morgan fingerprint density at radius 3 is 2.50 bits per heavy atom. The van der Waals surface area contributed by atoms with Crippen molar-refractivity contribution in [3.05, 3.63) is 35.4 Å². The van der Waals surface area contributed by atoms with E-state index in [0.29, 0.717) is 12.1 Å². The van der Waals surface area contributed by atoms with Gasteiger partial charge in [-0.1, -0.05) is 19.1 Å². The molecule has 1 unspecified atom stereocenters. The van der Waals surface area contributed by atoms with Gasteiger partial charge in [-0.3, -0.25) is 9.79 Å². The van der Waals surface area contributed by atoms with Crippen molar-refractivity contribution in [2.75, 3.05) is 7.05 Å². The van der Waals surface area contributed by atoms with Crippen molar-refractivity contribution in [3.8, 4) is 0 Å². The quantitative estimate of drug-likeness (QED) is 0.370. The van der Waals surface area contributed by atoms with Gasteiger partial charge >= 0.3 is 0 Å². The molecule has 0 saturated heterocycles. The highest BCUT2D eigenvalue weighted by Gasteiger charge is 2.12. The SMILES string of the molecule is CCC(C)NC(=O)c1cccc(CNC(=NC)NC(C)(C)C)c1.I. The van der Waals surface area contributed by atoms with Crippen molar-refractivity contribution in [2.24, 2.45) is 4.99 Å². The summed E-state index contributed by atoms with van der Waals surface area (Å²) >= 11 is 0. The molecule has 0 radical (unpaired) electrons. The number of rotatable bonds is 5. The van der Waals surface area contributed by atoms with Gasteiger partial charge in [-0.05, 0) is 51.8 Å². The van der Waals surface area contributed by atoms with Crippen LogP contribution in [0.25, 0.3) is 0 Å². The van der Waals surface area contributed by atoms with Gasteiger partial charge in [0, 0.05) is 30.7 Å². The molecule has 0 spiro atoms. The van der Waals surface area contributed by atoms with Crippen LogP contribution in [-0.4, -0.2) is 30.5 Å². The molecule has 1 aromatic rings. The molecule has 1 aromatic carbocycles. The van der Waals surface area contributed by atoms with E-state index in [9.17, 15) is 4.79 Å². The minimum atomic E-state index is -0.0557. The molecule has 0 aromatic heterocycles. The summed E-state index contributed by atoms with van der Waals surface area (Å²) in [5.74, 6) is 0.713. The average Bonchev–Trinajstić information content (AvgIpc) is 2.50. The van der Waals surface area contributed by atoms with E-state index in [1.54, 1.807) is 7.05 Å². The summed E-state index contributed by atoms with van der Waals surface area (Å²) in [5, 5.41) is 9.56. The Bertz CT molecular complexity index is 552. The molecule has 5 nitrogen and oxygen atoms in total. The molecular weight excluding hydrogens is 415 g/mol. The maximum absolute atomic E-state index is 12.2. The molecule has 0 aliphatic rings. The molecule has 0 fully saturated rings. The molecule has 0 aliphatic heterocycles. The predicted molar refractivity (Wildman–Crippen MR) is 112 cm³/mol. The molecule has 0 saturated carbocycles. The lowest BCUT2D eigenvalue weighted by Crippen LogP contribution is -2.47. The van der Waals surface area contributed by atoms with E-state index >= 15 is 0 Å². The second kappa shape index (κ2) is 10.5. The summed E-state index contributed by atoms with van der Waals surface area (Å²) in [6.07, 6.45) is 0.918. The van der Waals surface area contributed by atoms with Crippen LogP contribution in [0, 0.1) is 0 Å². The van der Waals surface area contributed by atoms with Crippen molar-refractivity contribution < 1.29 is 4.79 Å². The Morgan fingerprint density at radius 2 is 1.96 bits per heavy atom. The number of aliphatic imine (C=N–C) groups is 1. The Hall–Kier alpha value is -1.31. The molecule has 1 amide bonds. The Morgan fingerprint density at radius 1 is 1.29 bits per heavy atom. The molecular formula is C18H31IN4O. The summed E-state index contributed by atoms with van der Waals surface area (Å²) in [6.45, 7) is 10.9. The first-order valence-electron chi connectivity index (χ1n) is 8.13. The highest BCUT2D eigenvalue weighted by molar-refractivity contribution is 14.0. The molecule has 24 heavy (non-hydrogen) atoms. The first kappa shape index (κ1) is 22.7. The first-order valence-corrected chi connectivity index (χ1v) is 8.13. The van der Waals surface area contributed by atoms with E-state index in [-0.39, 0.29) is 41.5 Å². The van der Waals surface area contributed by atoms with E-state index < -0.39 is 0 Å². The Labute approximate surface area is 163 Å². The van der Waals surface area contributed by atoms with Gasteiger partial charge in [-0.15, -0.1) is 24.0 Å². The minimum absolute atomic E-state index is 0. The number of nitrogens with zero attached hydrogens (tertiary/aromatic N) is 1. The Balaban J connectivity index is 0.00000529. The third-order valence-corrected chi connectivity index (χ3v) is 3.36. The molecule has 0 bridgehead atoms. The van der Waals surface area contributed by atoms with Crippen LogP contribution in [0.3, 0.4) is 0 Å². The third kappa shape index (κ3) is 8.52. The lowest BCUT2D eigenvalue weighted by molar-refractivity contribution is 0.0939. The summed E-state index contributed by atoms with van der Waals surface area (Å²) in [6, 6.07) is 7.83. The predicted octanol–water partition coefficient (Wildman–Crippen LogP) is 3.30. The molecule has 0 heterocycles. The summed E-state index contributed by atoms with van der Waals surface area (Å²) < 4.78 is 0. The fraction of sp³-hybridized carbons (Fsp3) is 0.556. The van der Waals surface area contributed by atoms with Gasteiger partial charge in [0.15, 0.2) is 5.96 Å². The van der Waals surface area contributed by atoms with Crippen LogP contribution in [0.4, 0.5) is 0 Å².